The van der Waals surface area contributed by atoms with E-state index in [2.05, 4.69) is 0 Å². The molecule has 0 atom stereocenters. The smallest absolute Gasteiger partial charge is 0.244 e. The summed E-state index contributed by atoms with van der Waals surface area (Å²) in [5.41, 5.74) is 6.26. The maximum atomic E-state index is 13.0. The Morgan fingerprint density at radius 1 is 1.43 bits per heavy atom. The maximum absolute atomic E-state index is 13.0. The number of hydrogen-bond acceptors (Lipinski definition) is 4. The highest BCUT2D eigenvalue weighted by Gasteiger charge is 2.40. The minimum Gasteiger partial charge on any atom is -0.389 e. The van der Waals surface area contributed by atoms with Crippen molar-refractivity contribution in [3.05, 3.63) is 29.3 Å². The number of rotatable bonds is 3. The third-order valence-corrected chi connectivity index (χ3v) is 6.10. The number of thiocarbonyl (C=S) groups is 1. The lowest BCUT2D eigenvalue weighted by Gasteiger charge is -2.41. The fourth-order valence-corrected chi connectivity index (χ4v) is 4.57. The van der Waals surface area contributed by atoms with Gasteiger partial charge in [-0.25, -0.2) is 8.42 Å². The van der Waals surface area contributed by atoms with Gasteiger partial charge in [0.2, 0.25) is 10.0 Å². The highest BCUT2D eigenvalue weighted by atomic mass is 32.2. The Kier molecular flexibility index (Phi) is 4.39. The van der Waals surface area contributed by atoms with Gasteiger partial charge in [0.05, 0.1) is 23.6 Å². The molecule has 1 fully saturated rings. The predicted molar refractivity (Wildman–Crippen MR) is 85.9 cm³/mol. The normalized spacial score (nSPS) is 19.4. The summed E-state index contributed by atoms with van der Waals surface area (Å²) >= 11 is 4.94. The maximum Gasteiger partial charge on any atom is 0.244 e. The van der Waals surface area contributed by atoms with Crippen LogP contribution in [0.25, 0.3) is 0 Å². The summed E-state index contributed by atoms with van der Waals surface area (Å²) in [4.78, 5) is 0.440. The van der Waals surface area contributed by atoms with Gasteiger partial charge >= 0.3 is 0 Å². The van der Waals surface area contributed by atoms with E-state index in [1.807, 2.05) is 13.8 Å². The molecule has 1 heterocycles. The van der Waals surface area contributed by atoms with Gasteiger partial charge in [0.15, 0.2) is 0 Å². The number of nitrogens with zero attached hydrogens (tertiary/aromatic N) is 1. The molecule has 0 spiro atoms. The van der Waals surface area contributed by atoms with Gasteiger partial charge in [-0.2, -0.15) is 4.31 Å². The van der Waals surface area contributed by atoms with Crippen molar-refractivity contribution >= 4 is 27.2 Å². The molecule has 0 aromatic heterocycles. The lowest BCUT2D eigenvalue weighted by molar-refractivity contribution is -0.00772. The Balaban J connectivity index is 2.53. The first-order valence-corrected chi connectivity index (χ1v) is 8.52. The summed E-state index contributed by atoms with van der Waals surface area (Å²) in [6.45, 7) is 6.60. The van der Waals surface area contributed by atoms with Crippen LogP contribution in [0, 0.1) is 6.92 Å². The highest BCUT2D eigenvalue weighted by Crippen LogP contribution is 2.29. The molecular formula is C14H20N2O3S2. The number of morpholine rings is 1. The van der Waals surface area contributed by atoms with Crippen molar-refractivity contribution in [3.63, 3.8) is 0 Å². The first kappa shape index (κ1) is 16.4. The Bertz CT molecular complexity index is 669. The largest absolute Gasteiger partial charge is 0.389 e. The van der Waals surface area contributed by atoms with E-state index in [0.717, 1.165) is 0 Å². The molecule has 0 radical (unpaired) electrons. The minimum absolute atomic E-state index is 0.188. The number of hydrogen-bond donors (Lipinski definition) is 1. The molecule has 1 saturated heterocycles. The van der Waals surface area contributed by atoms with Crippen LogP contribution in [-0.2, 0) is 14.8 Å². The molecular weight excluding hydrogens is 308 g/mol. The van der Waals surface area contributed by atoms with E-state index in [-0.39, 0.29) is 9.88 Å². The van der Waals surface area contributed by atoms with E-state index in [0.29, 0.717) is 30.9 Å². The summed E-state index contributed by atoms with van der Waals surface area (Å²) < 4.78 is 32.9. The number of benzene rings is 1. The molecule has 0 saturated carbocycles. The van der Waals surface area contributed by atoms with E-state index in [4.69, 9.17) is 22.7 Å². The van der Waals surface area contributed by atoms with Crippen LogP contribution < -0.4 is 5.73 Å². The number of aryl methyl sites for hydroxylation is 1. The topological polar surface area (TPSA) is 72.6 Å². The average molecular weight is 328 g/mol. The van der Waals surface area contributed by atoms with E-state index in [1.165, 1.54) is 4.31 Å². The fraction of sp³-hybridized carbons (Fsp3) is 0.500. The van der Waals surface area contributed by atoms with Gasteiger partial charge in [0.25, 0.3) is 0 Å². The highest BCUT2D eigenvalue weighted by molar-refractivity contribution is 7.89. The monoisotopic (exact) mass is 328 g/mol. The van der Waals surface area contributed by atoms with Crippen LogP contribution >= 0.6 is 12.2 Å². The van der Waals surface area contributed by atoms with Crippen LogP contribution in [0.5, 0.6) is 0 Å². The molecule has 0 unspecified atom stereocenters. The zero-order valence-corrected chi connectivity index (χ0v) is 14.1. The molecule has 21 heavy (non-hydrogen) atoms. The van der Waals surface area contributed by atoms with Crippen LogP contribution in [0.1, 0.15) is 25.0 Å². The molecule has 0 bridgehead atoms. The van der Waals surface area contributed by atoms with Crippen molar-refractivity contribution in [1.29, 1.82) is 0 Å². The van der Waals surface area contributed by atoms with Crippen LogP contribution in [0.2, 0.25) is 0 Å². The SMILES string of the molecule is Cc1ccc(C(N)=S)cc1S(=O)(=O)N1CCOCC1(C)C. The van der Waals surface area contributed by atoms with Crippen molar-refractivity contribution in [2.75, 3.05) is 19.8 Å². The lowest BCUT2D eigenvalue weighted by atomic mass is 10.1. The molecule has 116 valence electrons. The first-order chi connectivity index (χ1) is 9.66. The van der Waals surface area contributed by atoms with Gasteiger partial charge in [-0.05, 0) is 32.4 Å². The summed E-state index contributed by atoms with van der Waals surface area (Å²) in [6.07, 6.45) is 0. The predicted octanol–water partition coefficient (Wildman–Crippen LogP) is 1.43. The van der Waals surface area contributed by atoms with Crippen LogP contribution in [-0.4, -0.2) is 43.0 Å². The fourth-order valence-electron chi connectivity index (χ4n) is 2.44. The molecule has 1 aliphatic rings. The lowest BCUT2D eigenvalue weighted by Crippen LogP contribution is -2.55. The van der Waals surface area contributed by atoms with Gasteiger partial charge in [-0.3, -0.25) is 0 Å². The van der Waals surface area contributed by atoms with Crippen LogP contribution in [0.3, 0.4) is 0 Å². The molecule has 0 aliphatic carbocycles. The van der Waals surface area contributed by atoms with Crippen molar-refractivity contribution in [3.8, 4) is 0 Å². The molecule has 1 aromatic carbocycles. The summed E-state index contributed by atoms with van der Waals surface area (Å²) in [6, 6.07) is 5.02. The minimum atomic E-state index is -3.62. The second-order valence-corrected chi connectivity index (χ2v) is 8.06. The van der Waals surface area contributed by atoms with Gasteiger partial charge < -0.3 is 10.5 Å². The molecule has 0 amide bonds. The van der Waals surface area contributed by atoms with Crippen LogP contribution in [0.4, 0.5) is 0 Å². The summed E-state index contributed by atoms with van der Waals surface area (Å²) in [5, 5.41) is 0. The van der Waals surface area contributed by atoms with Gasteiger partial charge in [-0.1, -0.05) is 24.4 Å². The second kappa shape index (κ2) is 5.64. The van der Waals surface area contributed by atoms with Gasteiger partial charge in [0.1, 0.15) is 4.99 Å². The van der Waals surface area contributed by atoms with Crippen molar-refractivity contribution in [2.45, 2.75) is 31.2 Å². The Morgan fingerprint density at radius 3 is 2.67 bits per heavy atom. The molecule has 1 aliphatic heterocycles. The average Bonchev–Trinajstić information content (AvgIpc) is 2.37. The zero-order chi connectivity index (χ0) is 15.8. The Morgan fingerprint density at radius 2 is 2.10 bits per heavy atom. The van der Waals surface area contributed by atoms with Gasteiger partial charge in [0, 0.05) is 12.1 Å². The molecule has 1 aromatic rings. The van der Waals surface area contributed by atoms with E-state index < -0.39 is 15.6 Å². The number of nitrogens with two attached hydrogens (primary N) is 1. The third-order valence-electron chi connectivity index (χ3n) is 3.61. The molecule has 7 heteroatoms. The van der Waals surface area contributed by atoms with E-state index in [9.17, 15) is 8.42 Å². The Labute approximate surface area is 131 Å². The first-order valence-electron chi connectivity index (χ1n) is 6.67. The third kappa shape index (κ3) is 3.11. The number of sulfonamides is 1. The van der Waals surface area contributed by atoms with Crippen molar-refractivity contribution in [1.82, 2.24) is 4.31 Å². The second-order valence-electron chi connectivity index (χ2n) is 5.79. The van der Waals surface area contributed by atoms with E-state index in [1.54, 1.807) is 25.1 Å². The molecule has 5 nitrogen and oxygen atoms in total. The van der Waals surface area contributed by atoms with Crippen molar-refractivity contribution in [2.24, 2.45) is 5.73 Å². The quantitative estimate of drug-likeness (QED) is 0.850. The molecule has 2 N–H and O–H groups in total. The summed E-state index contributed by atoms with van der Waals surface area (Å²) in [5.74, 6) is 0. The van der Waals surface area contributed by atoms with Crippen LogP contribution in [0.15, 0.2) is 23.1 Å². The summed E-state index contributed by atoms with van der Waals surface area (Å²) in [7, 11) is -3.62. The standard InChI is InChI=1S/C14H20N2O3S2/c1-10-4-5-11(13(15)20)8-12(10)21(17,18)16-6-7-19-9-14(16,2)3/h4-5,8H,6-7,9H2,1-3H3,(H2,15,20). The van der Waals surface area contributed by atoms with Gasteiger partial charge in [-0.15, -0.1) is 0 Å². The van der Waals surface area contributed by atoms with E-state index >= 15 is 0 Å². The Hall–Kier alpha value is -1.02. The molecule has 2 rings (SSSR count). The van der Waals surface area contributed by atoms with Crippen molar-refractivity contribution < 1.29 is 13.2 Å². The zero-order valence-electron chi connectivity index (χ0n) is 12.4. The number of ether oxygens (including phenoxy) is 1.